The van der Waals surface area contributed by atoms with Crippen molar-refractivity contribution in [2.24, 2.45) is 0 Å². The Morgan fingerprint density at radius 2 is 1.97 bits per heavy atom. The van der Waals surface area contributed by atoms with Gasteiger partial charge in [-0.3, -0.25) is 9.69 Å². The summed E-state index contributed by atoms with van der Waals surface area (Å²) in [5.41, 5.74) is 4.29. The molecule has 1 N–H and O–H groups in total. The molecule has 0 aliphatic carbocycles. The van der Waals surface area contributed by atoms with Gasteiger partial charge in [-0.05, 0) is 49.2 Å². The van der Waals surface area contributed by atoms with E-state index in [-0.39, 0.29) is 5.91 Å². The van der Waals surface area contributed by atoms with Gasteiger partial charge in [-0.15, -0.1) is 0 Å². The molecule has 1 saturated heterocycles. The molecule has 1 aromatic heterocycles. The standard InChI is InChI=1S/C23H28N4O2S/c1-16-13-17(2)21-20(14-16)30-23(25-21)27-11-9-26(10-12-27)8-7-24-22(28)18-5-4-6-19(15-18)29-3/h4-6,13-15H,7-12H2,1-3H3,(H,24,28). The predicted molar refractivity (Wildman–Crippen MR) is 123 cm³/mol. The molecule has 158 valence electrons. The summed E-state index contributed by atoms with van der Waals surface area (Å²) in [5.74, 6) is 0.631. The van der Waals surface area contributed by atoms with E-state index in [4.69, 9.17) is 9.72 Å². The smallest absolute Gasteiger partial charge is 0.251 e. The van der Waals surface area contributed by atoms with Crippen LogP contribution >= 0.6 is 11.3 Å². The summed E-state index contributed by atoms with van der Waals surface area (Å²) in [6.45, 7) is 9.63. The second-order valence-electron chi connectivity index (χ2n) is 7.74. The molecule has 0 atom stereocenters. The Morgan fingerprint density at radius 1 is 1.17 bits per heavy atom. The number of anilines is 1. The molecule has 0 spiro atoms. The zero-order chi connectivity index (χ0) is 21.1. The topological polar surface area (TPSA) is 57.7 Å². The summed E-state index contributed by atoms with van der Waals surface area (Å²) >= 11 is 1.78. The van der Waals surface area contributed by atoms with Crippen LogP contribution in [0.5, 0.6) is 5.75 Å². The molecule has 1 aliphatic heterocycles. The fourth-order valence-electron chi connectivity index (χ4n) is 3.85. The number of benzene rings is 2. The summed E-state index contributed by atoms with van der Waals surface area (Å²) < 4.78 is 6.45. The Morgan fingerprint density at radius 3 is 2.73 bits per heavy atom. The minimum atomic E-state index is -0.0623. The molecule has 1 aliphatic rings. The Hall–Kier alpha value is -2.64. The van der Waals surface area contributed by atoms with Crippen LogP contribution in [-0.4, -0.2) is 62.2 Å². The number of amides is 1. The number of hydrogen-bond acceptors (Lipinski definition) is 6. The van der Waals surface area contributed by atoms with Gasteiger partial charge in [0.15, 0.2) is 5.13 Å². The van der Waals surface area contributed by atoms with Gasteiger partial charge >= 0.3 is 0 Å². The van der Waals surface area contributed by atoms with Crippen molar-refractivity contribution in [2.45, 2.75) is 13.8 Å². The molecule has 4 rings (SSSR count). The second kappa shape index (κ2) is 9.02. The van der Waals surface area contributed by atoms with Gasteiger partial charge in [0.2, 0.25) is 0 Å². The number of carbonyl (C=O) groups excluding carboxylic acids is 1. The molecule has 2 heterocycles. The lowest BCUT2D eigenvalue weighted by atomic mass is 10.1. The van der Waals surface area contributed by atoms with Crippen LogP contribution in [0.2, 0.25) is 0 Å². The quantitative estimate of drug-likeness (QED) is 0.657. The molecule has 0 unspecified atom stereocenters. The lowest BCUT2D eigenvalue weighted by molar-refractivity contribution is 0.0947. The normalized spacial score (nSPS) is 14.8. The van der Waals surface area contributed by atoms with Crippen LogP contribution in [0.15, 0.2) is 36.4 Å². The third-order valence-corrected chi connectivity index (χ3v) is 6.57. The van der Waals surface area contributed by atoms with Crippen molar-refractivity contribution in [3.05, 3.63) is 53.1 Å². The van der Waals surface area contributed by atoms with E-state index in [1.807, 2.05) is 12.1 Å². The van der Waals surface area contributed by atoms with E-state index in [2.05, 4.69) is 41.1 Å². The van der Waals surface area contributed by atoms with Crippen LogP contribution in [0.25, 0.3) is 10.2 Å². The summed E-state index contributed by atoms with van der Waals surface area (Å²) in [6, 6.07) is 11.7. The predicted octanol–water partition coefficient (Wildman–Crippen LogP) is 3.47. The molecule has 0 saturated carbocycles. The van der Waals surface area contributed by atoms with E-state index in [0.717, 1.165) is 43.4 Å². The molecule has 2 aromatic carbocycles. The number of fused-ring (bicyclic) bond motifs is 1. The number of aryl methyl sites for hydroxylation is 2. The van der Waals surface area contributed by atoms with Gasteiger partial charge < -0.3 is 15.0 Å². The van der Waals surface area contributed by atoms with Crippen LogP contribution in [-0.2, 0) is 0 Å². The van der Waals surface area contributed by atoms with Crippen molar-refractivity contribution in [3.8, 4) is 5.75 Å². The highest BCUT2D eigenvalue weighted by Crippen LogP contribution is 2.32. The number of rotatable bonds is 6. The van der Waals surface area contributed by atoms with E-state index >= 15 is 0 Å². The van der Waals surface area contributed by atoms with Crippen LogP contribution in [0.4, 0.5) is 5.13 Å². The molecule has 0 radical (unpaired) electrons. The van der Waals surface area contributed by atoms with E-state index in [1.54, 1.807) is 30.6 Å². The summed E-state index contributed by atoms with van der Waals surface area (Å²) in [5, 5.41) is 4.13. The van der Waals surface area contributed by atoms with Gasteiger partial charge in [-0.1, -0.05) is 23.5 Å². The fraction of sp³-hybridized carbons (Fsp3) is 0.391. The Balaban J connectivity index is 1.27. The zero-order valence-corrected chi connectivity index (χ0v) is 18.6. The third kappa shape index (κ3) is 4.57. The minimum absolute atomic E-state index is 0.0623. The number of nitrogens with one attached hydrogen (secondary N) is 1. The number of aromatic nitrogens is 1. The Labute approximate surface area is 181 Å². The first-order valence-corrected chi connectivity index (χ1v) is 11.1. The monoisotopic (exact) mass is 424 g/mol. The maximum Gasteiger partial charge on any atom is 0.251 e. The summed E-state index contributed by atoms with van der Waals surface area (Å²) in [4.78, 5) is 22.0. The molecular formula is C23H28N4O2S. The van der Waals surface area contributed by atoms with E-state index in [1.165, 1.54) is 15.8 Å². The molecule has 7 heteroatoms. The molecule has 1 amide bonds. The minimum Gasteiger partial charge on any atom is -0.497 e. The number of ether oxygens (including phenoxy) is 1. The van der Waals surface area contributed by atoms with Crippen molar-refractivity contribution < 1.29 is 9.53 Å². The summed E-state index contributed by atoms with van der Waals surface area (Å²) in [7, 11) is 1.60. The zero-order valence-electron chi connectivity index (χ0n) is 17.8. The average Bonchev–Trinajstić information content (AvgIpc) is 3.18. The Bertz CT molecular complexity index is 1040. The molecule has 30 heavy (non-hydrogen) atoms. The third-order valence-electron chi connectivity index (χ3n) is 5.51. The number of nitrogens with zero attached hydrogens (tertiary/aromatic N) is 3. The fourth-order valence-corrected chi connectivity index (χ4v) is 5.04. The van der Waals surface area contributed by atoms with Crippen molar-refractivity contribution in [2.75, 3.05) is 51.3 Å². The van der Waals surface area contributed by atoms with Crippen molar-refractivity contribution in [3.63, 3.8) is 0 Å². The number of methoxy groups -OCH3 is 1. The number of carbonyl (C=O) groups is 1. The van der Waals surface area contributed by atoms with Crippen LogP contribution in [0.1, 0.15) is 21.5 Å². The number of thiazole rings is 1. The van der Waals surface area contributed by atoms with E-state index < -0.39 is 0 Å². The second-order valence-corrected chi connectivity index (χ2v) is 8.75. The van der Waals surface area contributed by atoms with Gasteiger partial charge in [0, 0.05) is 44.8 Å². The first kappa shape index (κ1) is 20.6. The van der Waals surface area contributed by atoms with Gasteiger partial charge in [0.25, 0.3) is 5.91 Å². The lowest BCUT2D eigenvalue weighted by Crippen LogP contribution is -2.48. The first-order valence-electron chi connectivity index (χ1n) is 10.3. The van der Waals surface area contributed by atoms with Crippen LogP contribution in [0, 0.1) is 13.8 Å². The molecule has 3 aromatic rings. The van der Waals surface area contributed by atoms with Gasteiger partial charge in [-0.2, -0.15) is 0 Å². The van der Waals surface area contributed by atoms with Gasteiger partial charge in [-0.25, -0.2) is 4.98 Å². The van der Waals surface area contributed by atoms with Crippen molar-refractivity contribution >= 4 is 32.6 Å². The Kier molecular flexibility index (Phi) is 6.20. The highest BCUT2D eigenvalue weighted by atomic mass is 32.1. The van der Waals surface area contributed by atoms with E-state index in [0.29, 0.717) is 17.9 Å². The first-order chi connectivity index (χ1) is 14.5. The highest BCUT2D eigenvalue weighted by Gasteiger charge is 2.20. The number of piperazine rings is 1. The summed E-state index contributed by atoms with van der Waals surface area (Å²) in [6.07, 6.45) is 0. The van der Waals surface area contributed by atoms with Crippen LogP contribution < -0.4 is 15.0 Å². The lowest BCUT2D eigenvalue weighted by Gasteiger charge is -2.34. The van der Waals surface area contributed by atoms with Crippen molar-refractivity contribution in [1.82, 2.24) is 15.2 Å². The maximum absolute atomic E-state index is 12.3. The molecule has 1 fully saturated rings. The average molecular weight is 425 g/mol. The molecular weight excluding hydrogens is 396 g/mol. The number of hydrogen-bond donors (Lipinski definition) is 1. The maximum atomic E-state index is 12.3. The van der Waals surface area contributed by atoms with Crippen LogP contribution in [0.3, 0.4) is 0 Å². The van der Waals surface area contributed by atoms with Crippen molar-refractivity contribution in [1.29, 1.82) is 0 Å². The van der Waals surface area contributed by atoms with Gasteiger partial charge in [0.1, 0.15) is 5.75 Å². The SMILES string of the molecule is COc1cccc(C(=O)NCCN2CCN(c3nc4c(C)cc(C)cc4s3)CC2)c1. The highest BCUT2D eigenvalue weighted by molar-refractivity contribution is 7.22. The molecule has 0 bridgehead atoms. The van der Waals surface area contributed by atoms with Gasteiger partial charge in [0.05, 0.1) is 17.3 Å². The largest absolute Gasteiger partial charge is 0.497 e. The van der Waals surface area contributed by atoms with E-state index in [9.17, 15) is 4.79 Å². The molecule has 6 nitrogen and oxygen atoms in total.